The Bertz CT molecular complexity index is 229. The third-order valence-corrected chi connectivity index (χ3v) is 2.10. The van der Waals surface area contributed by atoms with Crippen molar-refractivity contribution in [3.05, 3.63) is 28.8 Å². The van der Waals surface area contributed by atoms with Crippen molar-refractivity contribution in [2.75, 3.05) is 0 Å². The Morgan fingerprint density at radius 1 is 1.00 bits per heavy atom. The Morgan fingerprint density at radius 3 is 2.00 bits per heavy atom. The fourth-order valence-electron chi connectivity index (χ4n) is 0.977. The van der Waals surface area contributed by atoms with E-state index in [1.807, 2.05) is 6.07 Å². The highest BCUT2D eigenvalue weighted by molar-refractivity contribution is 6.33. The van der Waals surface area contributed by atoms with Crippen LogP contribution in [0.15, 0.2) is 12.1 Å². The maximum atomic E-state index is 5.69. The highest BCUT2D eigenvalue weighted by Gasteiger charge is 1.97. The van der Waals surface area contributed by atoms with E-state index in [4.69, 9.17) is 7.85 Å². The van der Waals surface area contributed by atoms with E-state index in [1.165, 1.54) is 16.7 Å². The molecule has 1 rings (SSSR count). The summed E-state index contributed by atoms with van der Waals surface area (Å²) in [6.45, 7) is 6.25. The molecule has 0 saturated carbocycles. The van der Waals surface area contributed by atoms with Gasteiger partial charge in [0.05, 0.1) is 0 Å². The predicted octanol–water partition coefficient (Wildman–Crippen LogP) is 1.56. The molecule has 2 radical (unpaired) electrons. The molecule has 11 heavy (non-hydrogen) atoms. The van der Waals surface area contributed by atoms with Crippen LogP contribution in [0.4, 0.5) is 4.70 Å². The summed E-state index contributed by atoms with van der Waals surface area (Å²) in [6.07, 6.45) is 0. The normalized spacial score (nSPS) is 9.00. The molecule has 0 atom stereocenters. The van der Waals surface area contributed by atoms with Gasteiger partial charge in [-0.15, -0.1) is 0 Å². The van der Waals surface area contributed by atoms with Crippen LogP contribution in [0.2, 0.25) is 0 Å². The van der Waals surface area contributed by atoms with Crippen LogP contribution in [-0.4, -0.2) is 7.85 Å². The molecule has 58 valence electrons. The van der Waals surface area contributed by atoms with Gasteiger partial charge in [-0.05, 0) is 31.9 Å². The van der Waals surface area contributed by atoms with Gasteiger partial charge in [0.15, 0.2) is 0 Å². The molecule has 0 heterocycles. The number of halogens is 1. The van der Waals surface area contributed by atoms with Gasteiger partial charge in [-0.3, -0.25) is 4.70 Å². The highest BCUT2D eigenvalue weighted by atomic mass is 19.0. The summed E-state index contributed by atoms with van der Waals surface area (Å²) in [7, 11) is 5.69. The van der Waals surface area contributed by atoms with Gasteiger partial charge in [0.1, 0.15) is 7.85 Å². The summed E-state index contributed by atoms with van der Waals surface area (Å²) >= 11 is 0. The standard InChI is InChI=1S/C9H11B.FH/c1-6-4-5-9(10)8(3)7(6)2;/h4-5H,1-3H3;1H. The van der Waals surface area contributed by atoms with Crippen LogP contribution >= 0.6 is 0 Å². The second-order valence-corrected chi connectivity index (χ2v) is 2.72. The lowest BCUT2D eigenvalue weighted by molar-refractivity contribution is 1.11. The maximum Gasteiger partial charge on any atom is 0.114 e. The Kier molecular flexibility index (Phi) is 3.31. The molecule has 0 spiro atoms. The van der Waals surface area contributed by atoms with E-state index >= 15 is 0 Å². The fraction of sp³-hybridized carbons (Fsp3) is 0.333. The minimum Gasteiger partial charge on any atom is -0.269 e. The molecule has 0 aliphatic rings. The summed E-state index contributed by atoms with van der Waals surface area (Å²) in [4.78, 5) is 0. The molecule has 2 heteroatoms. The number of hydrogen-bond donors (Lipinski definition) is 0. The van der Waals surface area contributed by atoms with E-state index in [9.17, 15) is 0 Å². The lowest BCUT2D eigenvalue weighted by atomic mass is 9.87. The van der Waals surface area contributed by atoms with E-state index in [0.717, 1.165) is 5.46 Å². The van der Waals surface area contributed by atoms with Crippen molar-refractivity contribution in [1.82, 2.24) is 0 Å². The van der Waals surface area contributed by atoms with E-state index in [1.54, 1.807) is 0 Å². The van der Waals surface area contributed by atoms with Crippen molar-refractivity contribution in [2.45, 2.75) is 20.8 Å². The quantitative estimate of drug-likeness (QED) is 0.492. The highest BCUT2D eigenvalue weighted by Crippen LogP contribution is 2.07. The first kappa shape index (κ1) is 10.2. The summed E-state index contributed by atoms with van der Waals surface area (Å²) in [5.74, 6) is 0. The molecule has 0 aromatic heterocycles. The molecule has 0 aliphatic carbocycles. The maximum absolute atomic E-state index is 5.69. The van der Waals surface area contributed by atoms with Crippen molar-refractivity contribution in [2.24, 2.45) is 0 Å². The lowest BCUT2D eigenvalue weighted by Gasteiger charge is -2.06. The summed E-state index contributed by atoms with van der Waals surface area (Å²) in [5.41, 5.74) is 4.72. The number of benzene rings is 1. The van der Waals surface area contributed by atoms with Gasteiger partial charge in [-0.1, -0.05) is 23.2 Å². The van der Waals surface area contributed by atoms with Crippen LogP contribution in [0.5, 0.6) is 0 Å². The minimum atomic E-state index is 0. The first-order valence-electron chi connectivity index (χ1n) is 3.45. The molecule has 0 bridgehead atoms. The van der Waals surface area contributed by atoms with Crippen molar-refractivity contribution < 1.29 is 4.70 Å². The summed E-state index contributed by atoms with van der Waals surface area (Å²) < 4.78 is 0. The van der Waals surface area contributed by atoms with Gasteiger partial charge in [-0.25, -0.2) is 0 Å². The SMILES string of the molecule is F.[B]c1ccc(C)c(C)c1C. The lowest BCUT2D eigenvalue weighted by Crippen LogP contribution is -2.08. The van der Waals surface area contributed by atoms with Gasteiger partial charge in [0.2, 0.25) is 0 Å². The molecular formula is C9H12BF. The van der Waals surface area contributed by atoms with Crippen LogP contribution in [0.3, 0.4) is 0 Å². The molecule has 0 N–H and O–H groups in total. The van der Waals surface area contributed by atoms with Crippen molar-refractivity contribution >= 4 is 13.3 Å². The van der Waals surface area contributed by atoms with Crippen molar-refractivity contribution in [3.63, 3.8) is 0 Å². The topological polar surface area (TPSA) is 0 Å². The van der Waals surface area contributed by atoms with Crippen LogP contribution in [0.1, 0.15) is 16.7 Å². The third kappa shape index (κ3) is 1.82. The molecule has 0 amide bonds. The Hall–Kier alpha value is -0.785. The van der Waals surface area contributed by atoms with Gasteiger partial charge in [-0.2, -0.15) is 0 Å². The van der Waals surface area contributed by atoms with Gasteiger partial charge in [0.25, 0.3) is 0 Å². The first-order valence-corrected chi connectivity index (χ1v) is 3.45. The first-order chi connectivity index (χ1) is 4.63. The molecule has 0 fully saturated rings. The van der Waals surface area contributed by atoms with Crippen LogP contribution < -0.4 is 5.46 Å². The molecule has 1 aromatic rings. The molecule has 0 saturated heterocycles. The van der Waals surface area contributed by atoms with Crippen LogP contribution in [-0.2, 0) is 0 Å². The van der Waals surface area contributed by atoms with Crippen molar-refractivity contribution in [1.29, 1.82) is 0 Å². The molecular weight excluding hydrogens is 138 g/mol. The fourth-order valence-corrected chi connectivity index (χ4v) is 0.977. The van der Waals surface area contributed by atoms with E-state index < -0.39 is 0 Å². The second-order valence-electron chi connectivity index (χ2n) is 2.72. The zero-order chi connectivity index (χ0) is 7.72. The Labute approximate surface area is 68.4 Å². The Balaban J connectivity index is 0.000001000. The van der Waals surface area contributed by atoms with E-state index in [-0.39, 0.29) is 4.70 Å². The molecule has 0 unspecified atom stereocenters. The molecule has 0 aliphatic heterocycles. The Morgan fingerprint density at radius 2 is 1.55 bits per heavy atom. The monoisotopic (exact) mass is 150 g/mol. The van der Waals surface area contributed by atoms with Crippen LogP contribution in [0.25, 0.3) is 0 Å². The smallest absolute Gasteiger partial charge is 0.114 e. The minimum absolute atomic E-state index is 0. The molecule has 0 nitrogen and oxygen atoms in total. The summed E-state index contributed by atoms with van der Waals surface area (Å²) in [6, 6.07) is 4.01. The van der Waals surface area contributed by atoms with Gasteiger partial charge >= 0.3 is 0 Å². The predicted molar refractivity (Wildman–Crippen MR) is 48.5 cm³/mol. The van der Waals surface area contributed by atoms with Crippen molar-refractivity contribution in [3.8, 4) is 0 Å². The number of hydrogen-bond acceptors (Lipinski definition) is 0. The van der Waals surface area contributed by atoms with E-state index in [0.29, 0.717) is 0 Å². The summed E-state index contributed by atoms with van der Waals surface area (Å²) in [5, 5.41) is 0. The zero-order valence-electron chi connectivity index (χ0n) is 7.14. The molecule has 1 aromatic carbocycles. The zero-order valence-corrected chi connectivity index (χ0v) is 7.14. The average Bonchev–Trinajstić information content (AvgIpc) is 1.93. The number of aryl methyl sites for hydroxylation is 1. The second kappa shape index (κ2) is 3.56. The number of rotatable bonds is 0. The average molecular weight is 150 g/mol. The van der Waals surface area contributed by atoms with Gasteiger partial charge < -0.3 is 0 Å². The third-order valence-electron chi connectivity index (χ3n) is 2.10. The van der Waals surface area contributed by atoms with E-state index in [2.05, 4.69) is 26.8 Å². The largest absolute Gasteiger partial charge is 0.269 e. The van der Waals surface area contributed by atoms with Gasteiger partial charge in [0, 0.05) is 0 Å². The van der Waals surface area contributed by atoms with Crippen LogP contribution in [0, 0.1) is 20.8 Å².